The molecular formula is C17H21N3Si. The van der Waals surface area contributed by atoms with Crippen molar-refractivity contribution in [1.82, 2.24) is 10.3 Å². The number of hydrogen-bond donors (Lipinski definition) is 1. The number of hydrogen-bond acceptors (Lipinski definition) is 3. The van der Waals surface area contributed by atoms with Crippen LogP contribution < -0.4 is 10.6 Å². The fraction of sp³-hybridized carbons (Fsp3) is 0.235. The highest BCUT2D eigenvalue weighted by Gasteiger charge is 2.26. The van der Waals surface area contributed by atoms with Crippen molar-refractivity contribution in [3.8, 4) is 11.1 Å². The summed E-state index contributed by atoms with van der Waals surface area (Å²) in [5, 5.41) is 5.56. The van der Waals surface area contributed by atoms with Gasteiger partial charge in [0.25, 0.3) is 0 Å². The lowest BCUT2D eigenvalue weighted by atomic mass is 10.1. The van der Waals surface area contributed by atoms with Crippen molar-refractivity contribution < 1.29 is 0 Å². The minimum atomic E-state index is -1.47. The summed E-state index contributed by atoms with van der Waals surface area (Å²) in [4.78, 5) is 2.26. The first-order valence-electron chi connectivity index (χ1n) is 7.31. The lowest BCUT2D eigenvalue weighted by molar-refractivity contribution is 0.487. The third kappa shape index (κ3) is 3.16. The molecule has 4 heteroatoms. The monoisotopic (exact) mass is 295 g/mol. The predicted octanol–water partition coefficient (Wildman–Crippen LogP) is 2.61. The summed E-state index contributed by atoms with van der Waals surface area (Å²) in [7, 11) is -1.47. The molecular weight excluding hydrogens is 274 g/mol. The van der Waals surface area contributed by atoms with Crippen molar-refractivity contribution in [2.24, 2.45) is 5.10 Å². The Kier molecular flexibility index (Phi) is 3.79. The molecule has 0 aliphatic carbocycles. The molecule has 1 aliphatic rings. The van der Waals surface area contributed by atoms with E-state index < -0.39 is 8.07 Å². The minimum Gasteiger partial charge on any atom is -0.345 e. The fourth-order valence-electron chi connectivity index (χ4n) is 2.74. The predicted molar refractivity (Wildman–Crippen MR) is 92.2 cm³/mol. The molecule has 2 aromatic carbocycles. The van der Waals surface area contributed by atoms with Gasteiger partial charge in [0.1, 0.15) is 21.1 Å². The summed E-state index contributed by atoms with van der Waals surface area (Å²) >= 11 is 0. The molecule has 3 rings (SSSR count). The number of hydrazone groups is 1. The number of benzene rings is 2. The van der Waals surface area contributed by atoms with Crippen LogP contribution in [0.15, 0.2) is 59.7 Å². The van der Waals surface area contributed by atoms with Crippen LogP contribution in [0.2, 0.25) is 13.1 Å². The van der Waals surface area contributed by atoms with E-state index in [9.17, 15) is 0 Å². The van der Waals surface area contributed by atoms with E-state index in [1.54, 1.807) is 0 Å². The van der Waals surface area contributed by atoms with Gasteiger partial charge in [-0.2, -0.15) is 5.10 Å². The van der Waals surface area contributed by atoms with Gasteiger partial charge in [0.2, 0.25) is 0 Å². The molecule has 2 aromatic rings. The summed E-state index contributed by atoms with van der Waals surface area (Å²) in [5.74, 6) is 0. The van der Waals surface area contributed by atoms with Gasteiger partial charge in [-0.25, -0.2) is 0 Å². The first kappa shape index (κ1) is 13.9. The molecule has 0 saturated carbocycles. The van der Waals surface area contributed by atoms with E-state index in [0.29, 0.717) is 0 Å². The summed E-state index contributed by atoms with van der Waals surface area (Å²) in [6.07, 6.45) is 3.00. The van der Waals surface area contributed by atoms with Crippen LogP contribution in [0.5, 0.6) is 0 Å². The Morgan fingerprint density at radius 2 is 1.67 bits per heavy atom. The van der Waals surface area contributed by atoms with E-state index in [1.807, 2.05) is 6.34 Å². The maximum Gasteiger partial charge on any atom is 0.112 e. The van der Waals surface area contributed by atoms with Crippen LogP contribution in [0.4, 0.5) is 0 Å². The molecule has 0 radical (unpaired) electrons. The zero-order chi connectivity index (χ0) is 14.7. The highest BCUT2D eigenvalue weighted by molar-refractivity contribution is 6.90. The second kappa shape index (κ2) is 5.74. The second-order valence-corrected chi connectivity index (χ2v) is 10.8. The maximum absolute atomic E-state index is 4.07. The first-order chi connectivity index (χ1) is 10.1. The molecule has 0 amide bonds. The zero-order valence-electron chi connectivity index (χ0n) is 12.6. The topological polar surface area (TPSA) is 27.6 Å². The van der Waals surface area contributed by atoms with Crippen molar-refractivity contribution in [2.45, 2.75) is 13.1 Å². The molecule has 108 valence electrons. The van der Waals surface area contributed by atoms with Crippen LogP contribution in [-0.2, 0) is 0 Å². The van der Waals surface area contributed by atoms with Crippen molar-refractivity contribution in [1.29, 1.82) is 0 Å². The van der Waals surface area contributed by atoms with E-state index in [4.69, 9.17) is 0 Å². The summed E-state index contributed by atoms with van der Waals surface area (Å²) in [6.45, 7) is 5.66. The van der Waals surface area contributed by atoms with Crippen molar-refractivity contribution in [3.63, 3.8) is 0 Å². The Bertz CT molecular complexity index is 620. The Morgan fingerprint density at radius 3 is 2.29 bits per heavy atom. The average Bonchev–Trinajstić information content (AvgIpc) is 3.00. The molecule has 21 heavy (non-hydrogen) atoms. The number of nitrogens with zero attached hydrogens (tertiary/aromatic N) is 2. The Labute approximate surface area is 127 Å². The van der Waals surface area contributed by atoms with Gasteiger partial charge in [-0.15, -0.1) is 0 Å². The lowest BCUT2D eigenvalue weighted by Crippen LogP contribution is -2.51. The summed E-state index contributed by atoms with van der Waals surface area (Å²) < 4.78 is 0. The summed E-state index contributed by atoms with van der Waals surface area (Å²) in [5.41, 5.74) is 5.56. The standard InChI is InChI=1S/C17H21N3Si/c1-21(2,14-20-12-18-19-13-20)17-10-8-16(9-11-17)15-6-4-3-5-7-15/h3-12,19H,13-14H2,1-2H3. The SMILES string of the molecule is C[Si](C)(CN1C=NNC1)c1ccc(-c2ccccc2)cc1. The molecule has 1 N–H and O–H groups in total. The molecule has 0 aromatic heterocycles. The van der Waals surface area contributed by atoms with Gasteiger partial charge in [0.15, 0.2) is 0 Å². The normalized spacial score (nSPS) is 14.3. The van der Waals surface area contributed by atoms with E-state index in [0.717, 1.165) is 12.8 Å². The Hall–Kier alpha value is -2.07. The van der Waals surface area contributed by atoms with Gasteiger partial charge in [0.05, 0.1) is 0 Å². The third-order valence-corrected chi connectivity index (χ3v) is 7.05. The lowest BCUT2D eigenvalue weighted by Gasteiger charge is -2.28. The Morgan fingerprint density at radius 1 is 1.00 bits per heavy atom. The van der Waals surface area contributed by atoms with Crippen molar-refractivity contribution in [2.75, 3.05) is 12.8 Å². The first-order valence-corrected chi connectivity index (χ1v) is 10.5. The molecule has 0 unspecified atom stereocenters. The van der Waals surface area contributed by atoms with Crippen LogP contribution in [0.1, 0.15) is 0 Å². The van der Waals surface area contributed by atoms with Gasteiger partial charge >= 0.3 is 0 Å². The largest absolute Gasteiger partial charge is 0.345 e. The Balaban J connectivity index is 1.78. The van der Waals surface area contributed by atoms with E-state index in [2.05, 4.69) is 83.1 Å². The van der Waals surface area contributed by atoms with E-state index in [1.165, 1.54) is 16.3 Å². The van der Waals surface area contributed by atoms with E-state index >= 15 is 0 Å². The highest BCUT2D eigenvalue weighted by Crippen LogP contribution is 2.18. The van der Waals surface area contributed by atoms with Crippen LogP contribution in [0.25, 0.3) is 11.1 Å². The van der Waals surface area contributed by atoms with Crippen LogP contribution in [0.3, 0.4) is 0 Å². The van der Waals surface area contributed by atoms with Gasteiger partial charge in [-0.1, -0.05) is 72.9 Å². The average molecular weight is 295 g/mol. The smallest absolute Gasteiger partial charge is 0.112 e. The maximum atomic E-state index is 4.07. The fourth-order valence-corrected chi connectivity index (χ4v) is 5.20. The molecule has 0 spiro atoms. The van der Waals surface area contributed by atoms with Gasteiger partial charge < -0.3 is 4.90 Å². The zero-order valence-corrected chi connectivity index (χ0v) is 13.6. The van der Waals surface area contributed by atoms with Gasteiger partial charge in [-0.05, 0) is 11.1 Å². The van der Waals surface area contributed by atoms with Gasteiger partial charge in [0, 0.05) is 6.17 Å². The molecule has 3 nitrogen and oxygen atoms in total. The third-order valence-electron chi connectivity index (χ3n) is 3.96. The van der Waals surface area contributed by atoms with Gasteiger partial charge in [-0.3, -0.25) is 5.43 Å². The summed E-state index contributed by atoms with van der Waals surface area (Å²) in [6, 6.07) is 19.6. The highest BCUT2D eigenvalue weighted by atomic mass is 28.3. The number of rotatable bonds is 4. The second-order valence-electron chi connectivity index (χ2n) is 6.13. The van der Waals surface area contributed by atoms with E-state index in [-0.39, 0.29) is 0 Å². The van der Waals surface area contributed by atoms with Crippen LogP contribution in [-0.4, -0.2) is 32.1 Å². The van der Waals surface area contributed by atoms with Crippen LogP contribution in [0, 0.1) is 0 Å². The van der Waals surface area contributed by atoms with Crippen molar-refractivity contribution >= 4 is 19.6 Å². The van der Waals surface area contributed by atoms with Crippen LogP contribution >= 0.6 is 0 Å². The molecule has 0 atom stereocenters. The van der Waals surface area contributed by atoms with Crippen molar-refractivity contribution in [3.05, 3.63) is 54.6 Å². The molecule has 0 fully saturated rings. The molecule has 1 heterocycles. The minimum absolute atomic E-state index is 0.832. The quantitative estimate of drug-likeness (QED) is 0.878. The molecule has 1 aliphatic heterocycles. The molecule has 0 saturated heterocycles. The number of nitrogens with one attached hydrogen (secondary N) is 1. The molecule has 0 bridgehead atoms.